The molecule has 0 fully saturated rings. The maximum atomic E-state index is 3.60. The molecule has 0 atom stereocenters. The molecule has 6 aromatic rings. The van der Waals surface area contributed by atoms with E-state index in [2.05, 4.69) is 145 Å². The number of benzene rings is 6. The molecule has 0 aromatic heterocycles. The van der Waals surface area contributed by atoms with Gasteiger partial charge in [0.1, 0.15) is 0 Å². The van der Waals surface area contributed by atoms with Crippen LogP contribution < -0.4 is 0 Å². The molecular weight excluding hydrogens is 500 g/mol. The molecule has 0 radical (unpaired) electrons. The van der Waals surface area contributed by atoms with Crippen molar-refractivity contribution in [2.75, 3.05) is 0 Å². The summed E-state index contributed by atoms with van der Waals surface area (Å²) in [6.07, 6.45) is 0. The zero-order valence-corrected chi connectivity index (χ0v) is 21.9. The third-order valence-corrected chi connectivity index (χ3v) is 8.47. The Bertz CT molecular complexity index is 1750. The summed E-state index contributed by atoms with van der Waals surface area (Å²) in [6.45, 7) is 4.71. The fourth-order valence-electron chi connectivity index (χ4n) is 6.23. The highest BCUT2D eigenvalue weighted by atomic mass is 79.9. The van der Waals surface area contributed by atoms with Gasteiger partial charge in [-0.25, -0.2) is 0 Å². The van der Waals surface area contributed by atoms with E-state index in [1.54, 1.807) is 0 Å². The van der Waals surface area contributed by atoms with Gasteiger partial charge in [-0.1, -0.05) is 127 Å². The standard InChI is InChI=1S/C35H25Br/c1-35(2)31-14-8-7-9-25(31)26-20-17-23(21-32(26)35)34-29-12-5-3-10-27(29)33(22-15-18-24(36)19-16-22)28-11-4-6-13-30(28)34/h3-21H,1-2H3. The maximum Gasteiger partial charge on any atom is 0.0175 e. The lowest BCUT2D eigenvalue weighted by atomic mass is 9.80. The molecule has 0 saturated carbocycles. The molecule has 1 aliphatic carbocycles. The molecule has 172 valence electrons. The normalized spacial score (nSPS) is 13.6. The quantitative estimate of drug-likeness (QED) is 0.197. The van der Waals surface area contributed by atoms with Gasteiger partial charge in [-0.15, -0.1) is 0 Å². The zero-order chi connectivity index (χ0) is 24.4. The highest BCUT2D eigenvalue weighted by molar-refractivity contribution is 9.10. The monoisotopic (exact) mass is 524 g/mol. The van der Waals surface area contributed by atoms with E-state index in [-0.39, 0.29) is 5.41 Å². The minimum Gasteiger partial charge on any atom is -0.0619 e. The lowest BCUT2D eigenvalue weighted by molar-refractivity contribution is 0.660. The minimum absolute atomic E-state index is 0.0229. The number of hydrogen-bond donors (Lipinski definition) is 0. The number of rotatable bonds is 2. The third kappa shape index (κ3) is 3.06. The molecule has 0 nitrogen and oxygen atoms in total. The SMILES string of the molecule is CC1(C)c2ccccc2-c2ccc(-c3c4ccccc4c(-c4ccc(Br)cc4)c4ccccc34)cc21. The van der Waals surface area contributed by atoms with Crippen LogP contribution in [0.4, 0.5) is 0 Å². The van der Waals surface area contributed by atoms with Crippen LogP contribution in [0.25, 0.3) is 54.9 Å². The molecule has 6 aromatic carbocycles. The summed E-state index contributed by atoms with van der Waals surface area (Å²) in [5, 5.41) is 5.16. The van der Waals surface area contributed by atoms with Gasteiger partial charge in [0.15, 0.2) is 0 Å². The first kappa shape index (κ1) is 21.6. The lowest BCUT2D eigenvalue weighted by Crippen LogP contribution is -2.14. The second kappa shape index (κ2) is 7.91. The summed E-state index contributed by atoms with van der Waals surface area (Å²) in [5.74, 6) is 0. The van der Waals surface area contributed by atoms with E-state index in [0.29, 0.717) is 0 Å². The summed E-state index contributed by atoms with van der Waals surface area (Å²) < 4.78 is 1.10. The molecule has 0 aliphatic heterocycles. The molecule has 0 amide bonds. The predicted octanol–water partition coefficient (Wildman–Crippen LogP) is 10.4. The predicted molar refractivity (Wildman–Crippen MR) is 158 cm³/mol. The van der Waals surface area contributed by atoms with E-state index in [1.807, 2.05) is 0 Å². The van der Waals surface area contributed by atoms with Crippen LogP contribution in [0, 0.1) is 0 Å². The van der Waals surface area contributed by atoms with Crippen molar-refractivity contribution in [3.63, 3.8) is 0 Å². The Morgan fingerprint density at radius 3 is 1.56 bits per heavy atom. The summed E-state index contributed by atoms with van der Waals surface area (Å²) in [6, 6.07) is 42.4. The number of fused-ring (bicyclic) bond motifs is 5. The Hall–Kier alpha value is -3.68. The maximum absolute atomic E-state index is 3.60. The molecule has 0 bridgehead atoms. The van der Waals surface area contributed by atoms with Gasteiger partial charge in [0.2, 0.25) is 0 Å². The van der Waals surface area contributed by atoms with Crippen LogP contribution in [0.3, 0.4) is 0 Å². The fraction of sp³-hybridized carbons (Fsp3) is 0.0857. The molecule has 0 unspecified atom stereocenters. The Kier molecular flexibility index (Phi) is 4.75. The average molecular weight is 525 g/mol. The van der Waals surface area contributed by atoms with Gasteiger partial charge in [-0.3, -0.25) is 0 Å². The molecule has 0 saturated heterocycles. The average Bonchev–Trinajstić information content (AvgIpc) is 3.14. The van der Waals surface area contributed by atoms with Crippen molar-refractivity contribution in [3.8, 4) is 33.4 Å². The van der Waals surface area contributed by atoms with Crippen LogP contribution in [-0.2, 0) is 5.41 Å². The first-order chi connectivity index (χ1) is 17.5. The van der Waals surface area contributed by atoms with E-state index in [1.165, 1.54) is 66.1 Å². The van der Waals surface area contributed by atoms with Crippen LogP contribution in [0.1, 0.15) is 25.0 Å². The molecule has 1 aliphatic rings. The van der Waals surface area contributed by atoms with Crippen molar-refractivity contribution in [2.45, 2.75) is 19.3 Å². The van der Waals surface area contributed by atoms with Crippen LogP contribution in [0.2, 0.25) is 0 Å². The molecule has 0 N–H and O–H groups in total. The molecule has 0 spiro atoms. The van der Waals surface area contributed by atoms with Crippen molar-refractivity contribution in [3.05, 3.63) is 131 Å². The zero-order valence-electron chi connectivity index (χ0n) is 20.3. The van der Waals surface area contributed by atoms with E-state index >= 15 is 0 Å². The molecule has 7 rings (SSSR count). The Labute approximate surface area is 220 Å². The molecular formula is C35H25Br. The van der Waals surface area contributed by atoms with E-state index in [4.69, 9.17) is 0 Å². The third-order valence-electron chi connectivity index (χ3n) is 7.94. The Balaban J connectivity index is 1.56. The van der Waals surface area contributed by atoms with Gasteiger partial charge in [0.05, 0.1) is 0 Å². The highest BCUT2D eigenvalue weighted by Crippen LogP contribution is 2.51. The summed E-state index contributed by atoms with van der Waals surface area (Å²) in [7, 11) is 0. The fourth-order valence-corrected chi connectivity index (χ4v) is 6.49. The van der Waals surface area contributed by atoms with Crippen LogP contribution in [-0.4, -0.2) is 0 Å². The molecule has 1 heteroatoms. The second-order valence-corrected chi connectivity index (χ2v) is 11.2. The van der Waals surface area contributed by atoms with Gasteiger partial charge >= 0.3 is 0 Å². The first-order valence-electron chi connectivity index (χ1n) is 12.5. The largest absolute Gasteiger partial charge is 0.0619 e. The van der Waals surface area contributed by atoms with Crippen molar-refractivity contribution >= 4 is 37.5 Å². The van der Waals surface area contributed by atoms with Crippen molar-refractivity contribution < 1.29 is 0 Å². The van der Waals surface area contributed by atoms with Gasteiger partial charge < -0.3 is 0 Å². The summed E-state index contributed by atoms with van der Waals surface area (Å²) in [4.78, 5) is 0. The van der Waals surface area contributed by atoms with Gasteiger partial charge in [0.25, 0.3) is 0 Å². The Morgan fingerprint density at radius 2 is 0.944 bits per heavy atom. The number of halogens is 1. The topological polar surface area (TPSA) is 0 Å². The van der Waals surface area contributed by atoms with E-state index in [9.17, 15) is 0 Å². The van der Waals surface area contributed by atoms with Crippen molar-refractivity contribution in [1.29, 1.82) is 0 Å². The molecule has 36 heavy (non-hydrogen) atoms. The van der Waals surface area contributed by atoms with Gasteiger partial charge in [-0.05, 0) is 84.3 Å². The summed E-state index contributed by atoms with van der Waals surface area (Å²) in [5.41, 5.74) is 10.7. The smallest absolute Gasteiger partial charge is 0.0175 e. The van der Waals surface area contributed by atoms with Crippen LogP contribution >= 0.6 is 15.9 Å². The van der Waals surface area contributed by atoms with E-state index in [0.717, 1.165) is 4.47 Å². The van der Waals surface area contributed by atoms with Crippen LogP contribution in [0.15, 0.2) is 120 Å². The van der Waals surface area contributed by atoms with Crippen molar-refractivity contribution in [2.24, 2.45) is 0 Å². The lowest BCUT2D eigenvalue weighted by Gasteiger charge is -2.23. The molecule has 0 heterocycles. The van der Waals surface area contributed by atoms with Gasteiger partial charge in [-0.2, -0.15) is 0 Å². The van der Waals surface area contributed by atoms with E-state index < -0.39 is 0 Å². The first-order valence-corrected chi connectivity index (χ1v) is 13.3. The van der Waals surface area contributed by atoms with Crippen LogP contribution in [0.5, 0.6) is 0 Å². The van der Waals surface area contributed by atoms with Gasteiger partial charge in [0, 0.05) is 9.89 Å². The number of hydrogen-bond acceptors (Lipinski definition) is 0. The second-order valence-electron chi connectivity index (χ2n) is 10.3. The minimum atomic E-state index is -0.0229. The highest BCUT2D eigenvalue weighted by Gasteiger charge is 2.35. The summed E-state index contributed by atoms with van der Waals surface area (Å²) >= 11 is 3.60. The Morgan fingerprint density at radius 1 is 0.472 bits per heavy atom. The van der Waals surface area contributed by atoms with Crippen molar-refractivity contribution in [1.82, 2.24) is 0 Å².